The molecule has 33 heavy (non-hydrogen) atoms. The molecule has 7 nitrogen and oxygen atoms in total. The molecule has 0 aliphatic carbocycles. The van der Waals surface area contributed by atoms with Gasteiger partial charge in [0.1, 0.15) is 5.69 Å². The quantitative estimate of drug-likeness (QED) is 0.579. The van der Waals surface area contributed by atoms with Gasteiger partial charge in [0.25, 0.3) is 0 Å². The predicted molar refractivity (Wildman–Crippen MR) is 126 cm³/mol. The molecule has 0 bridgehead atoms. The van der Waals surface area contributed by atoms with Crippen molar-refractivity contribution in [2.75, 3.05) is 38.2 Å². The summed E-state index contributed by atoms with van der Waals surface area (Å²) < 4.78 is 19.9. The van der Waals surface area contributed by atoms with Crippen molar-refractivity contribution in [2.45, 2.75) is 19.4 Å². The number of pyridine rings is 2. The lowest BCUT2D eigenvalue weighted by Crippen LogP contribution is -2.35. The molecule has 0 saturated carbocycles. The molecule has 3 atom stereocenters. The highest BCUT2D eigenvalue weighted by molar-refractivity contribution is 5.98. The van der Waals surface area contributed by atoms with Gasteiger partial charge in [-0.2, -0.15) is 0 Å². The van der Waals surface area contributed by atoms with Gasteiger partial charge in [0.2, 0.25) is 0 Å². The first-order valence-corrected chi connectivity index (χ1v) is 11.3. The van der Waals surface area contributed by atoms with Gasteiger partial charge in [-0.05, 0) is 62.5 Å². The number of nitrogens with two attached hydrogens (primary N) is 1. The Bertz CT molecular complexity index is 1180. The summed E-state index contributed by atoms with van der Waals surface area (Å²) in [5.41, 5.74) is 9.14. The van der Waals surface area contributed by atoms with Gasteiger partial charge >= 0.3 is 0 Å². The lowest BCUT2D eigenvalue weighted by atomic mass is 9.90. The summed E-state index contributed by atoms with van der Waals surface area (Å²) in [4.78, 5) is 23.6. The van der Waals surface area contributed by atoms with Crippen molar-refractivity contribution in [3.8, 4) is 17.0 Å². The van der Waals surface area contributed by atoms with Crippen LogP contribution in [-0.4, -0.2) is 55.1 Å². The van der Waals surface area contributed by atoms with Crippen LogP contribution in [0.15, 0.2) is 36.5 Å². The third kappa shape index (κ3) is 4.05. The van der Waals surface area contributed by atoms with E-state index in [1.165, 1.54) is 13.2 Å². The van der Waals surface area contributed by atoms with Crippen LogP contribution < -0.4 is 20.7 Å². The Morgan fingerprint density at radius 1 is 1.27 bits per heavy atom. The van der Waals surface area contributed by atoms with E-state index in [0.29, 0.717) is 28.7 Å². The van der Waals surface area contributed by atoms with Gasteiger partial charge in [-0.15, -0.1) is 0 Å². The van der Waals surface area contributed by atoms with Gasteiger partial charge in [0.15, 0.2) is 17.3 Å². The predicted octanol–water partition coefficient (Wildman–Crippen LogP) is 3.02. The van der Waals surface area contributed by atoms with E-state index in [-0.39, 0.29) is 11.5 Å². The normalized spacial score (nSPS) is 21.2. The van der Waals surface area contributed by atoms with Crippen molar-refractivity contribution in [2.24, 2.45) is 17.6 Å². The zero-order valence-electron chi connectivity index (χ0n) is 18.8. The van der Waals surface area contributed by atoms with Crippen LogP contribution in [0.2, 0.25) is 0 Å². The highest BCUT2D eigenvalue weighted by Crippen LogP contribution is 2.38. The minimum Gasteiger partial charge on any atom is -0.494 e. The SMILES string of the molecule is COc1cc2nc(-c3ccc(C(=O)C(C)N)nc3)cc(N3CC4CCNCC4C3)c2cc1F. The third-order valence-electron chi connectivity index (χ3n) is 6.80. The first-order chi connectivity index (χ1) is 15.9. The number of halogens is 1. The Labute approximate surface area is 192 Å². The van der Waals surface area contributed by atoms with E-state index < -0.39 is 11.9 Å². The number of benzene rings is 1. The molecule has 2 saturated heterocycles. The Balaban J connectivity index is 1.59. The van der Waals surface area contributed by atoms with Crippen molar-refractivity contribution >= 4 is 22.4 Å². The second kappa shape index (κ2) is 8.68. The van der Waals surface area contributed by atoms with Crippen molar-refractivity contribution in [3.63, 3.8) is 0 Å². The fraction of sp³-hybridized carbons (Fsp3) is 0.400. The number of nitrogens with one attached hydrogen (secondary N) is 1. The zero-order chi connectivity index (χ0) is 23.1. The number of methoxy groups -OCH3 is 1. The number of piperidine rings is 1. The number of nitrogens with zero attached hydrogens (tertiary/aromatic N) is 3. The van der Waals surface area contributed by atoms with E-state index in [2.05, 4.69) is 15.2 Å². The molecule has 1 aromatic carbocycles. The Kier molecular flexibility index (Phi) is 5.72. The molecule has 0 radical (unpaired) electrons. The van der Waals surface area contributed by atoms with Crippen LogP contribution in [0.25, 0.3) is 22.2 Å². The number of carbonyl (C=O) groups excluding carboxylic acids is 1. The van der Waals surface area contributed by atoms with E-state index in [0.717, 1.165) is 49.2 Å². The van der Waals surface area contributed by atoms with E-state index in [4.69, 9.17) is 15.5 Å². The maximum Gasteiger partial charge on any atom is 0.197 e. The number of Topliss-reactive ketones (excluding diaryl/α,β-unsaturated/α-hetero) is 1. The summed E-state index contributed by atoms with van der Waals surface area (Å²) in [5.74, 6) is 0.764. The number of ether oxygens (including phenoxy) is 1. The minimum atomic E-state index is -0.607. The van der Waals surface area contributed by atoms with E-state index in [1.807, 2.05) is 12.1 Å². The van der Waals surface area contributed by atoms with Gasteiger partial charge in [-0.1, -0.05) is 0 Å². The smallest absolute Gasteiger partial charge is 0.197 e. The third-order valence-corrected chi connectivity index (χ3v) is 6.80. The zero-order valence-corrected chi connectivity index (χ0v) is 18.8. The summed E-state index contributed by atoms with van der Waals surface area (Å²) in [7, 11) is 1.45. The van der Waals surface area contributed by atoms with Crippen LogP contribution in [0, 0.1) is 17.7 Å². The monoisotopic (exact) mass is 449 g/mol. The average molecular weight is 450 g/mol. The van der Waals surface area contributed by atoms with E-state index >= 15 is 0 Å². The number of anilines is 1. The van der Waals surface area contributed by atoms with Crippen LogP contribution in [0.5, 0.6) is 5.75 Å². The summed E-state index contributed by atoms with van der Waals surface area (Å²) in [6, 6.07) is 8.06. The second-order valence-corrected chi connectivity index (χ2v) is 9.03. The van der Waals surface area contributed by atoms with E-state index in [1.54, 1.807) is 25.3 Å². The van der Waals surface area contributed by atoms with Crippen molar-refractivity contribution in [1.82, 2.24) is 15.3 Å². The van der Waals surface area contributed by atoms with Crippen LogP contribution in [0.4, 0.5) is 10.1 Å². The largest absolute Gasteiger partial charge is 0.494 e. The first-order valence-electron chi connectivity index (χ1n) is 11.3. The van der Waals surface area contributed by atoms with Crippen LogP contribution in [0.1, 0.15) is 23.8 Å². The molecular formula is C25H28FN5O2. The fourth-order valence-corrected chi connectivity index (χ4v) is 4.97. The molecule has 3 unspecified atom stereocenters. The van der Waals surface area contributed by atoms with Crippen molar-refractivity contribution < 1.29 is 13.9 Å². The fourth-order valence-electron chi connectivity index (χ4n) is 4.97. The summed E-state index contributed by atoms with van der Waals surface area (Å²) in [6.45, 7) is 5.56. The molecule has 3 aromatic rings. The Hall–Kier alpha value is -3.10. The summed E-state index contributed by atoms with van der Waals surface area (Å²) >= 11 is 0. The number of rotatable bonds is 5. The number of fused-ring (bicyclic) bond motifs is 2. The average Bonchev–Trinajstić information content (AvgIpc) is 3.26. The number of aromatic nitrogens is 2. The van der Waals surface area contributed by atoms with Gasteiger partial charge in [-0.25, -0.2) is 9.37 Å². The molecule has 8 heteroatoms. The molecule has 4 heterocycles. The molecule has 5 rings (SSSR count). The number of ketones is 1. The lowest BCUT2D eigenvalue weighted by Gasteiger charge is -2.23. The highest BCUT2D eigenvalue weighted by Gasteiger charge is 2.35. The highest BCUT2D eigenvalue weighted by atomic mass is 19.1. The van der Waals surface area contributed by atoms with Crippen molar-refractivity contribution in [3.05, 3.63) is 48.0 Å². The Morgan fingerprint density at radius 3 is 2.79 bits per heavy atom. The van der Waals surface area contributed by atoms with Crippen LogP contribution in [-0.2, 0) is 0 Å². The molecule has 0 amide bonds. The molecule has 3 N–H and O–H groups in total. The molecule has 2 aromatic heterocycles. The lowest BCUT2D eigenvalue weighted by molar-refractivity contribution is 0.0963. The second-order valence-electron chi connectivity index (χ2n) is 9.03. The van der Waals surface area contributed by atoms with Gasteiger partial charge < -0.3 is 20.7 Å². The van der Waals surface area contributed by atoms with Gasteiger partial charge in [0.05, 0.1) is 24.4 Å². The molecule has 2 aliphatic rings. The molecule has 2 aliphatic heterocycles. The van der Waals surface area contributed by atoms with Gasteiger partial charge in [-0.3, -0.25) is 9.78 Å². The minimum absolute atomic E-state index is 0.161. The number of hydrogen-bond donors (Lipinski definition) is 2. The van der Waals surface area contributed by atoms with Gasteiger partial charge in [0, 0.05) is 42.0 Å². The maximum atomic E-state index is 14.7. The molecule has 172 valence electrons. The molecule has 2 fully saturated rings. The first kappa shape index (κ1) is 21.7. The summed E-state index contributed by atoms with van der Waals surface area (Å²) in [5, 5.41) is 4.25. The number of hydrogen-bond acceptors (Lipinski definition) is 7. The number of carbonyl (C=O) groups is 1. The maximum absolute atomic E-state index is 14.7. The Morgan fingerprint density at radius 2 is 2.09 bits per heavy atom. The topological polar surface area (TPSA) is 93.4 Å². The molecule has 0 spiro atoms. The van der Waals surface area contributed by atoms with Crippen LogP contribution in [0.3, 0.4) is 0 Å². The molecular weight excluding hydrogens is 421 g/mol. The van der Waals surface area contributed by atoms with E-state index in [9.17, 15) is 9.18 Å². The van der Waals surface area contributed by atoms with Crippen LogP contribution >= 0.6 is 0 Å². The van der Waals surface area contributed by atoms with Crippen molar-refractivity contribution in [1.29, 1.82) is 0 Å². The standard InChI is InChI=1S/C25H28FN5O2/c1-14(27)25(32)20-4-3-15(11-29-20)21-8-23(31-12-16-5-6-28-10-17(16)13-31)18-7-19(26)24(33-2)9-22(18)30-21/h3-4,7-9,11,14,16-17,28H,5-6,10,12-13,27H2,1-2H3. The summed E-state index contributed by atoms with van der Waals surface area (Å²) in [6.07, 6.45) is 2.79.